The Balaban J connectivity index is 1.51. The molecule has 0 spiro atoms. The van der Waals surface area contributed by atoms with Gasteiger partial charge in [0.1, 0.15) is 23.0 Å². The fourth-order valence-corrected chi connectivity index (χ4v) is 5.00. The molecule has 0 saturated heterocycles. The van der Waals surface area contributed by atoms with E-state index in [0.717, 1.165) is 32.7 Å². The number of aromatic hydroxyl groups is 4. The molecule has 6 aromatic rings. The van der Waals surface area contributed by atoms with Crippen LogP contribution in [0.2, 0.25) is 0 Å². The van der Waals surface area contributed by atoms with Gasteiger partial charge in [0.25, 0.3) is 0 Å². The zero-order chi connectivity index (χ0) is 25.1. The minimum atomic E-state index is 0.0131. The van der Waals surface area contributed by atoms with E-state index in [2.05, 4.69) is 0 Å². The Morgan fingerprint density at radius 1 is 0.333 bits per heavy atom. The summed E-state index contributed by atoms with van der Waals surface area (Å²) >= 11 is 0. The van der Waals surface area contributed by atoms with Crippen molar-refractivity contribution in [2.45, 2.75) is 13.8 Å². The molecule has 0 saturated carbocycles. The average molecular weight is 473 g/mol. The maximum atomic E-state index is 10.9. The molecule has 4 nitrogen and oxygen atoms in total. The Morgan fingerprint density at radius 2 is 0.611 bits per heavy atom. The van der Waals surface area contributed by atoms with Gasteiger partial charge in [0, 0.05) is 22.3 Å². The lowest BCUT2D eigenvalue weighted by molar-refractivity contribution is 0.469. The van der Waals surface area contributed by atoms with Gasteiger partial charge in [-0.2, -0.15) is 0 Å². The molecule has 0 heterocycles. The van der Waals surface area contributed by atoms with E-state index in [4.69, 9.17) is 0 Å². The second kappa shape index (κ2) is 7.92. The van der Waals surface area contributed by atoms with E-state index in [1.165, 1.54) is 0 Å². The van der Waals surface area contributed by atoms with Crippen molar-refractivity contribution in [3.8, 4) is 45.3 Å². The number of benzene rings is 6. The van der Waals surface area contributed by atoms with Gasteiger partial charge in [0.05, 0.1) is 0 Å². The van der Waals surface area contributed by atoms with Crippen molar-refractivity contribution in [1.29, 1.82) is 0 Å². The second-order valence-electron chi connectivity index (χ2n) is 9.53. The standard InChI is InChI=1S/C32H24O4/c1-17-3-5-19-9-25(29(33)13-21(19)7-17)27-11-23-16-32(36)28(12-24(23)15-31(27)35)26-10-20-6-4-18(2)8-22(20)14-30(26)34/h3-16,33-36H,1-2H3. The summed E-state index contributed by atoms with van der Waals surface area (Å²) in [5.41, 5.74) is 4.16. The summed E-state index contributed by atoms with van der Waals surface area (Å²) in [5, 5.41) is 48.5. The van der Waals surface area contributed by atoms with Crippen molar-refractivity contribution in [3.05, 3.63) is 96.1 Å². The third kappa shape index (κ3) is 3.55. The molecule has 0 radical (unpaired) electrons. The normalized spacial score (nSPS) is 11.5. The summed E-state index contributed by atoms with van der Waals surface area (Å²) in [4.78, 5) is 0. The van der Waals surface area contributed by atoms with E-state index in [9.17, 15) is 20.4 Å². The maximum Gasteiger partial charge on any atom is 0.124 e. The van der Waals surface area contributed by atoms with Crippen LogP contribution in [0.4, 0.5) is 0 Å². The third-order valence-corrected chi connectivity index (χ3v) is 6.87. The summed E-state index contributed by atoms with van der Waals surface area (Å²) in [6, 6.07) is 25.9. The van der Waals surface area contributed by atoms with E-state index < -0.39 is 0 Å². The predicted octanol–water partition coefficient (Wildman–Crippen LogP) is 7.92. The van der Waals surface area contributed by atoms with Gasteiger partial charge < -0.3 is 20.4 Å². The quantitative estimate of drug-likeness (QED) is 0.206. The van der Waals surface area contributed by atoms with Gasteiger partial charge in [-0.3, -0.25) is 0 Å². The zero-order valence-corrected chi connectivity index (χ0v) is 19.9. The number of phenols is 4. The van der Waals surface area contributed by atoms with Crippen molar-refractivity contribution in [2.75, 3.05) is 0 Å². The molecule has 4 N–H and O–H groups in total. The summed E-state index contributed by atoms with van der Waals surface area (Å²) in [7, 11) is 0. The molecule has 0 amide bonds. The largest absolute Gasteiger partial charge is 0.507 e. The highest BCUT2D eigenvalue weighted by Crippen LogP contribution is 2.44. The Bertz CT molecular complexity index is 1710. The number of fused-ring (bicyclic) bond motifs is 3. The number of rotatable bonds is 2. The molecular formula is C32H24O4. The maximum absolute atomic E-state index is 10.9. The Hall–Kier alpha value is -4.70. The van der Waals surface area contributed by atoms with Crippen molar-refractivity contribution < 1.29 is 20.4 Å². The zero-order valence-electron chi connectivity index (χ0n) is 19.9. The lowest BCUT2D eigenvalue weighted by Gasteiger charge is -2.14. The fourth-order valence-electron chi connectivity index (χ4n) is 5.00. The van der Waals surface area contributed by atoms with Crippen LogP contribution in [0.15, 0.2) is 84.9 Å². The predicted molar refractivity (Wildman–Crippen MR) is 146 cm³/mol. The first kappa shape index (κ1) is 21.8. The first-order chi connectivity index (χ1) is 17.3. The SMILES string of the molecule is Cc1ccc2cc(-c3cc4cc(O)c(-c5cc6ccc(C)cc6cc5O)cc4cc3O)c(O)cc2c1. The van der Waals surface area contributed by atoms with Crippen LogP contribution in [0.25, 0.3) is 54.6 Å². The summed E-state index contributed by atoms with van der Waals surface area (Å²) in [6.45, 7) is 4.00. The third-order valence-electron chi connectivity index (χ3n) is 6.87. The molecule has 0 bridgehead atoms. The highest BCUT2D eigenvalue weighted by Gasteiger charge is 2.16. The van der Waals surface area contributed by atoms with Gasteiger partial charge in [-0.1, -0.05) is 47.5 Å². The van der Waals surface area contributed by atoms with Crippen molar-refractivity contribution in [3.63, 3.8) is 0 Å². The minimum Gasteiger partial charge on any atom is -0.507 e. The van der Waals surface area contributed by atoms with Gasteiger partial charge >= 0.3 is 0 Å². The van der Waals surface area contributed by atoms with Crippen molar-refractivity contribution in [2.24, 2.45) is 0 Å². The Kier molecular flexibility index (Phi) is 4.80. The molecule has 36 heavy (non-hydrogen) atoms. The first-order valence-corrected chi connectivity index (χ1v) is 11.7. The molecule has 6 aromatic carbocycles. The van der Waals surface area contributed by atoms with Gasteiger partial charge in [-0.05, 0) is 94.7 Å². The van der Waals surface area contributed by atoms with Crippen LogP contribution >= 0.6 is 0 Å². The molecule has 0 aliphatic carbocycles. The van der Waals surface area contributed by atoms with Crippen LogP contribution < -0.4 is 0 Å². The molecule has 176 valence electrons. The molecule has 0 atom stereocenters. The topological polar surface area (TPSA) is 80.9 Å². The van der Waals surface area contributed by atoms with Gasteiger partial charge in [0.2, 0.25) is 0 Å². The fraction of sp³-hybridized carbons (Fsp3) is 0.0625. The number of phenolic OH excluding ortho intramolecular Hbond substituents is 4. The molecule has 4 heteroatoms. The number of aryl methyl sites for hydroxylation is 2. The van der Waals surface area contributed by atoms with E-state index in [1.54, 1.807) is 36.4 Å². The Labute approximate surface area is 207 Å². The minimum absolute atomic E-state index is 0.0131. The molecule has 0 aliphatic heterocycles. The summed E-state index contributed by atoms with van der Waals surface area (Å²) in [6.07, 6.45) is 0. The molecule has 0 fully saturated rings. The van der Waals surface area contributed by atoms with Crippen LogP contribution in [0, 0.1) is 13.8 Å². The van der Waals surface area contributed by atoms with Crippen LogP contribution in [0.1, 0.15) is 11.1 Å². The molecule has 0 unspecified atom stereocenters. The molecule has 0 aliphatic rings. The van der Waals surface area contributed by atoms with Gasteiger partial charge in [0.15, 0.2) is 0 Å². The number of hydrogen-bond acceptors (Lipinski definition) is 4. The van der Waals surface area contributed by atoms with Crippen LogP contribution in [-0.4, -0.2) is 20.4 Å². The summed E-state index contributed by atoms with van der Waals surface area (Å²) in [5.74, 6) is 0.165. The first-order valence-electron chi connectivity index (χ1n) is 11.7. The van der Waals surface area contributed by atoms with Crippen molar-refractivity contribution >= 4 is 32.3 Å². The summed E-state index contributed by atoms with van der Waals surface area (Å²) < 4.78 is 0. The van der Waals surface area contributed by atoms with E-state index >= 15 is 0 Å². The molecule has 6 rings (SSSR count). The molecular weight excluding hydrogens is 448 g/mol. The van der Waals surface area contributed by atoms with E-state index in [1.807, 2.05) is 62.4 Å². The van der Waals surface area contributed by atoms with Gasteiger partial charge in [-0.15, -0.1) is 0 Å². The van der Waals surface area contributed by atoms with Crippen molar-refractivity contribution in [1.82, 2.24) is 0 Å². The monoisotopic (exact) mass is 472 g/mol. The second-order valence-corrected chi connectivity index (χ2v) is 9.53. The lowest BCUT2D eigenvalue weighted by Crippen LogP contribution is -1.87. The van der Waals surface area contributed by atoms with E-state index in [0.29, 0.717) is 33.0 Å². The highest BCUT2D eigenvalue weighted by molar-refractivity contribution is 6.00. The Morgan fingerprint density at radius 3 is 0.944 bits per heavy atom. The van der Waals surface area contributed by atoms with Gasteiger partial charge in [-0.25, -0.2) is 0 Å². The van der Waals surface area contributed by atoms with Crippen LogP contribution in [-0.2, 0) is 0 Å². The lowest BCUT2D eigenvalue weighted by atomic mass is 9.93. The van der Waals surface area contributed by atoms with E-state index in [-0.39, 0.29) is 23.0 Å². The van der Waals surface area contributed by atoms with Crippen LogP contribution in [0.3, 0.4) is 0 Å². The molecule has 0 aromatic heterocycles. The number of hydrogen-bond donors (Lipinski definition) is 4. The smallest absolute Gasteiger partial charge is 0.124 e. The highest BCUT2D eigenvalue weighted by atomic mass is 16.3. The average Bonchev–Trinajstić information content (AvgIpc) is 2.83. The van der Waals surface area contributed by atoms with Crippen LogP contribution in [0.5, 0.6) is 23.0 Å².